The van der Waals surface area contributed by atoms with Crippen LogP contribution in [0.2, 0.25) is 0 Å². The van der Waals surface area contributed by atoms with Gasteiger partial charge >= 0.3 is 6.18 Å². The number of nitrogens with zero attached hydrogens (tertiary/aromatic N) is 1. The van der Waals surface area contributed by atoms with Crippen molar-refractivity contribution < 1.29 is 18.0 Å². The number of carbonyl (C=O) groups is 1. The largest absolute Gasteiger partial charge is 0.416 e. The van der Waals surface area contributed by atoms with Gasteiger partial charge in [-0.1, -0.05) is 30.3 Å². The predicted molar refractivity (Wildman–Crippen MR) is 111 cm³/mol. The van der Waals surface area contributed by atoms with E-state index in [1.807, 2.05) is 43.3 Å². The molecule has 0 saturated heterocycles. The van der Waals surface area contributed by atoms with Crippen molar-refractivity contribution in [3.05, 3.63) is 95.7 Å². The van der Waals surface area contributed by atoms with Crippen LogP contribution in [-0.4, -0.2) is 10.9 Å². The number of aryl methyl sites for hydroxylation is 1. The third kappa shape index (κ3) is 4.03. The van der Waals surface area contributed by atoms with Crippen LogP contribution >= 0.6 is 0 Å². The number of pyridine rings is 1. The van der Waals surface area contributed by atoms with Gasteiger partial charge in [-0.15, -0.1) is 0 Å². The van der Waals surface area contributed by atoms with Crippen molar-refractivity contribution in [3.63, 3.8) is 0 Å². The Morgan fingerprint density at radius 3 is 2.53 bits per heavy atom. The minimum absolute atomic E-state index is 0.0873. The van der Waals surface area contributed by atoms with Crippen LogP contribution in [-0.2, 0) is 6.18 Å². The van der Waals surface area contributed by atoms with Crippen molar-refractivity contribution in [3.8, 4) is 11.1 Å². The lowest BCUT2D eigenvalue weighted by atomic mass is 9.98. The molecule has 1 amide bonds. The number of para-hydroxylation sites is 1. The Bertz CT molecular complexity index is 1250. The summed E-state index contributed by atoms with van der Waals surface area (Å²) in [7, 11) is 0. The minimum Gasteiger partial charge on any atom is -0.322 e. The Morgan fingerprint density at radius 1 is 0.933 bits per heavy atom. The van der Waals surface area contributed by atoms with Gasteiger partial charge in [0.25, 0.3) is 5.91 Å². The summed E-state index contributed by atoms with van der Waals surface area (Å²) in [4.78, 5) is 17.1. The molecule has 4 rings (SSSR count). The lowest BCUT2D eigenvalue weighted by molar-refractivity contribution is -0.137. The van der Waals surface area contributed by atoms with Gasteiger partial charge < -0.3 is 5.32 Å². The van der Waals surface area contributed by atoms with Gasteiger partial charge in [0.15, 0.2) is 0 Å². The topological polar surface area (TPSA) is 42.0 Å². The molecule has 1 aromatic heterocycles. The molecular formula is C24H17F3N2O. The second kappa shape index (κ2) is 7.63. The minimum atomic E-state index is -4.47. The summed E-state index contributed by atoms with van der Waals surface area (Å²) in [6.07, 6.45) is -2.72. The fourth-order valence-corrected chi connectivity index (χ4v) is 3.27. The SMILES string of the molecule is Cc1ccc(C(=O)Nc2cccc(C(F)(F)F)c2)cc1-c1cnc2ccccc2c1. The quantitative estimate of drug-likeness (QED) is 0.423. The summed E-state index contributed by atoms with van der Waals surface area (Å²) in [6.45, 7) is 1.93. The van der Waals surface area contributed by atoms with Gasteiger partial charge in [0, 0.05) is 28.4 Å². The predicted octanol–water partition coefficient (Wildman–Crippen LogP) is 6.48. The van der Waals surface area contributed by atoms with E-state index in [-0.39, 0.29) is 5.69 Å². The Morgan fingerprint density at radius 2 is 1.73 bits per heavy atom. The lowest BCUT2D eigenvalue weighted by Gasteiger charge is -2.12. The molecule has 0 aliphatic heterocycles. The number of carbonyl (C=O) groups excluding carboxylic acids is 1. The van der Waals surface area contributed by atoms with E-state index >= 15 is 0 Å². The second-order valence-electron chi connectivity index (χ2n) is 6.98. The molecule has 3 aromatic carbocycles. The van der Waals surface area contributed by atoms with Crippen LogP contribution in [0.4, 0.5) is 18.9 Å². The summed E-state index contributed by atoms with van der Waals surface area (Å²) in [5.41, 5.74) is 3.16. The number of halogens is 3. The number of hydrogen-bond donors (Lipinski definition) is 1. The number of anilines is 1. The number of benzene rings is 3. The van der Waals surface area contributed by atoms with Gasteiger partial charge in [0.05, 0.1) is 11.1 Å². The Balaban J connectivity index is 1.65. The van der Waals surface area contributed by atoms with Crippen molar-refractivity contribution in [2.75, 3.05) is 5.32 Å². The molecule has 6 heteroatoms. The first-order valence-electron chi connectivity index (χ1n) is 9.26. The second-order valence-corrected chi connectivity index (χ2v) is 6.98. The maximum Gasteiger partial charge on any atom is 0.416 e. The Labute approximate surface area is 171 Å². The first kappa shape index (κ1) is 19.6. The molecule has 0 aliphatic carbocycles. The molecule has 0 bridgehead atoms. The molecule has 0 saturated carbocycles. The number of alkyl halides is 3. The number of nitrogens with one attached hydrogen (secondary N) is 1. The summed E-state index contributed by atoms with van der Waals surface area (Å²) < 4.78 is 38.7. The van der Waals surface area contributed by atoms with E-state index in [9.17, 15) is 18.0 Å². The van der Waals surface area contributed by atoms with E-state index in [0.717, 1.165) is 39.7 Å². The number of fused-ring (bicyclic) bond motifs is 1. The average Bonchev–Trinajstić information content (AvgIpc) is 2.73. The average molecular weight is 406 g/mol. The van der Waals surface area contributed by atoms with E-state index in [0.29, 0.717) is 5.56 Å². The number of amides is 1. The van der Waals surface area contributed by atoms with Crippen molar-refractivity contribution in [2.45, 2.75) is 13.1 Å². The molecule has 1 heterocycles. The van der Waals surface area contributed by atoms with Crippen LogP contribution in [0.1, 0.15) is 21.5 Å². The van der Waals surface area contributed by atoms with Crippen LogP contribution in [0.25, 0.3) is 22.0 Å². The highest BCUT2D eigenvalue weighted by Gasteiger charge is 2.30. The normalized spacial score (nSPS) is 11.5. The molecule has 0 unspecified atom stereocenters. The zero-order valence-corrected chi connectivity index (χ0v) is 16.0. The maximum absolute atomic E-state index is 12.9. The van der Waals surface area contributed by atoms with Crippen molar-refractivity contribution in [1.82, 2.24) is 4.98 Å². The first-order chi connectivity index (χ1) is 14.3. The molecule has 4 aromatic rings. The summed E-state index contributed by atoms with van der Waals surface area (Å²) in [5.74, 6) is -0.482. The molecule has 0 spiro atoms. The molecule has 0 aliphatic rings. The third-order valence-corrected chi connectivity index (χ3v) is 4.85. The zero-order valence-electron chi connectivity index (χ0n) is 16.0. The van der Waals surface area contributed by atoms with Gasteiger partial charge in [0.2, 0.25) is 0 Å². The highest BCUT2D eigenvalue weighted by atomic mass is 19.4. The maximum atomic E-state index is 12.9. The van der Waals surface area contributed by atoms with Crippen LogP contribution in [0, 0.1) is 6.92 Å². The Hall–Kier alpha value is -3.67. The molecule has 3 nitrogen and oxygen atoms in total. The van der Waals surface area contributed by atoms with Crippen molar-refractivity contribution in [2.24, 2.45) is 0 Å². The molecule has 150 valence electrons. The number of aromatic nitrogens is 1. The molecule has 0 radical (unpaired) electrons. The van der Waals surface area contributed by atoms with E-state index in [2.05, 4.69) is 10.3 Å². The molecule has 0 fully saturated rings. The van der Waals surface area contributed by atoms with Gasteiger partial charge in [0.1, 0.15) is 0 Å². The first-order valence-corrected chi connectivity index (χ1v) is 9.26. The summed E-state index contributed by atoms with van der Waals surface area (Å²) in [6, 6.07) is 19.5. The van der Waals surface area contributed by atoms with Crippen LogP contribution in [0.5, 0.6) is 0 Å². The van der Waals surface area contributed by atoms with E-state index in [1.165, 1.54) is 12.1 Å². The van der Waals surface area contributed by atoms with Crippen molar-refractivity contribution in [1.29, 1.82) is 0 Å². The monoisotopic (exact) mass is 406 g/mol. The molecule has 1 N–H and O–H groups in total. The third-order valence-electron chi connectivity index (χ3n) is 4.85. The van der Waals surface area contributed by atoms with Crippen molar-refractivity contribution >= 4 is 22.5 Å². The summed E-state index contributed by atoms with van der Waals surface area (Å²) in [5, 5.41) is 3.52. The van der Waals surface area contributed by atoms with Gasteiger partial charge in [-0.05, 0) is 60.5 Å². The highest BCUT2D eigenvalue weighted by Crippen LogP contribution is 2.31. The standard InChI is InChI=1S/C24H17F3N2O/c1-15-9-10-17(23(30)29-20-7-4-6-19(13-20)24(25,26)27)12-21(15)18-11-16-5-2-3-8-22(16)28-14-18/h2-14H,1H3,(H,29,30). The zero-order chi connectivity index (χ0) is 21.3. The van der Waals surface area contributed by atoms with Crippen LogP contribution in [0.15, 0.2) is 79.0 Å². The van der Waals surface area contributed by atoms with E-state index in [4.69, 9.17) is 0 Å². The fourth-order valence-electron chi connectivity index (χ4n) is 3.27. The molecular weight excluding hydrogens is 389 g/mol. The van der Waals surface area contributed by atoms with Gasteiger partial charge in [-0.3, -0.25) is 9.78 Å². The number of hydrogen-bond acceptors (Lipinski definition) is 2. The smallest absolute Gasteiger partial charge is 0.322 e. The fraction of sp³-hybridized carbons (Fsp3) is 0.0833. The molecule has 30 heavy (non-hydrogen) atoms. The summed E-state index contributed by atoms with van der Waals surface area (Å²) >= 11 is 0. The van der Waals surface area contributed by atoms with Gasteiger partial charge in [-0.25, -0.2) is 0 Å². The van der Waals surface area contributed by atoms with E-state index < -0.39 is 17.6 Å². The van der Waals surface area contributed by atoms with Crippen LogP contribution in [0.3, 0.4) is 0 Å². The lowest BCUT2D eigenvalue weighted by Crippen LogP contribution is -2.13. The molecule has 0 atom stereocenters. The highest BCUT2D eigenvalue weighted by molar-refractivity contribution is 6.05. The van der Waals surface area contributed by atoms with Crippen LogP contribution < -0.4 is 5.32 Å². The number of rotatable bonds is 3. The Kier molecular flexibility index (Phi) is 4.99. The van der Waals surface area contributed by atoms with Gasteiger partial charge in [-0.2, -0.15) is 13.2 Å². The van der Waals surface area contributed by atoms with E-state index in [1.54, 1.807) is 18.3 Å².